The smallest absolute Gasteiger partial charge is 0.344 e. The zero-order valence-corrected chi connectivity index (χ0v) is 16.9. The minimum Gasteiger partial charge on any atom is -0.452 e. The van der Waals surface area contributed by atoms with Gasteiger partial charge in [-0.2, -0.15) is 0 Å². The number of hydrogen-bond acceptors (Lipinski definition) is 5. The first-order chi connectivity index (χ1) is 12.8. The monoisotopic (exact) mass is 372 g/mol. The van der Waals surface area contributed by atoms with Crippen molar-refractivity contribution in [3.8, 4) is 0 Å². The number of carbonyl (C=O) groups is 2. The van der Waals surface area contributed by atoms with Crippen LogP contribution in [0.25, 0.3) is 0 Å². The van der Waals surface area contributed by atoms with E-state index in [2.05, 4.69) is 38.2 Å². The highest BCUT2D eigenvalue weighted by Crippen LogP contribution is 2.32. The Kier molecular flexibility index (Phi) is 6.77. The second-order valence-electron chi connectivity index (χ2n) is 7.16. The van der Waals surface area contributed by atoms with Crippen LogP contribution in [-0.2, 0) is 16.0 Å². The van der Waals surface area contributed by atoms with Crippen molar-refractivity contribution in [2.45, 2.75) is 59.8 Å². The van der Waals surface area contributed by atoms with Crippen LogP contribution in [0.4, 0.5) is 5.69 Å². The van der Waals surface area contributed by atoms with E-state index in [1.165, 1.54) is 0 Å². The van der Waals surface area contributed by atoms with Crippen LogP contribution in [0, 0.1) is 6.92 Å². The summed E-state index contributed by atoms with van der Waals surface area (Å²) in [6, 6.07) is 6.01. The number of nitrogens with zero attached hydrogens (tertiary/aromatic N) is 1. The molecule has 0 radical (unpaired) electrons. The van der Waals surface area contributed by atoms with Gasteiger partial charge in [-0.05, 0) is 36.3 Å². The topological polar surface area (TPSA) is 81.4 Å². The van der Waals surface area contributed by atoms with Crippen molar-refractivity contribution < 1.29 is 18.8 Å². The molecule has 1 aromatic carbocycles. The molecule has 0 atom stereocenters. The highest BCUT2D eigenvalue weighted by atomic mass is 16.5. The van der Waals surface area contributed by atoms with Crippen molar-refractivity contribution in [1.29, 1.82) is 0 Å². The third-order valence-electron chi connectivity index (χ3n) is 4.44. The molecular weight excluding hydrogens is 344 g/mol. The van der Waals surface area contributed by atoms with Gasteiger partial charge in [0.1, 0.15) is 11.3 Å². The Morgan fingerprint density at radius 1 is 1.15 bits per heavy atom. The van der Waals surface area contributed by atoms with Gasteiger partial charge < -0.3 is 14.6 Å². The number of anilines is 1. The molecule has 0 unspecified atom stereocenters. The van der Waals surface area contributed by atoms with Crippen molar-refractivity contribution in [2.75, 3.05) is 11.9 Å². The zero-order valence-electron chi connectivity index (χ0n) is 16.9. The van der Waals surface area contributed by atoms with Gasteiger partial charge in [-0.1, -0.05) is 58.0 Å². The van der Waals surface area contributed by atoms with E-state index < -0.39 is 5.97 Å². The highest BCUT2D eigenvalue weighted by molar-refractivity contribution is 5.97. The molecule has 0 spiro atoms. The summed E-state index contributed by atoms with van der Waals surface area (Å²) in [6.07, 6.45) is 0.549. The van der Waals surface area contributed by atoms with E-state index in [1.54, 1.807) is 6.92 Å². The van der Waals surface area contributed by atoms with Crippen LogP contribution < -0.4 is 5.32 Å². The Balaban J connectivity index is 2.12. The fourth-order valence-corrected chi connectivity index (χ4v) is 3.00. The van der Waals surface area contributed by atoms with Crippen LogP contribution in [0.2, 0.25) is 0 Å². The standard InChI is InChI=1S/C21H28N2O4/c1-7-17-19(14(6)27-23-17)21(25)26-11-18(24)22-20-15(12(2)3)9-8-10-16(20)13(4)5/h8-10,12-13H,7,11H2,1-6H3,(H,22,24). The van der Waals surface area contributed by atoms with Crippen molar-refractivity contribution in [3.63, 3.8) is 0 Å². The summed E-state index contributed by atoms with van der Waals surface area (Å²) >= 11 is 0. The maximum absolute atomic E-state index is 12.4. The first-order valence-corrected chi connectivity index (χ1v) is 9.31. The van der Waals surface area contributed by atoms with Gasteiger partial charge in [0.2, 0.25) is 0 Å². The third-order valence-corrected chi connectivity index (χ3v) is 4.44. The SMILES string of the molecule is CCc1noc(C)c1C(=O)OCC(=O)Nc1c(C(C)C)cccc1C(C)C. The molecule has 2 rings (SSSR count). The van der Waals surface area contributed by atoms with E-state index in [0.29, 0.717) is 23.4 Å². The Labute approximate surface area is 160 Å². The van der Waals surface area contributed by atoms with Crippen LogP contribution >= 0.6 is 0 Å². The number of esters is 1. The summed E-state index contributed by atoms with van der Waals surface area (Å²) in [4.78, 5) is 24.8. The second kappa shape index (κ2) is 8.84. The molecule has 27 heavy (non-hydrogen) atoms. The average Bonchev–Trinajstić information content (AvgIpc) is 3.00. The highest BCUT2D eigenvalue weighted by Gasteiger charge is 2.22. The molecule has 6 nitrogen and oxygen atoms in total. The number of benzene rings is 1. The molecule has 0 aliphatic rings. The molecule has 146 valence electrons. The molecule has 0 aliphatic carbocycles. The van der Waals surface area contributed by atoms with Gasteiger partial charge in [0, 0.05) is 5.69 Å². The number of aryl methyl sites for hydroxylation is 2. The van der Waals surface area contributed by atoms with Crippen molar-refractivity contribution >= 4 is 17.6 Å². The molecule has 1 N–H and O–H groups in total. The molecule has 1 amide bonds. The Morgan fingerprint density at radius 2 is 1.74 bits per heavy atom. The number of nitrogens with one attached hydrogen (secondary N) is 1. The van der Waals surface area contributed by atoms with Crippen LogP contribution in [0.3, 0.4) is 0 Å². The first-order valence-electron chi connectivity index (χ1n) is 9.31. The third kappa shape index (κ3) is 4.76. The van der Waals surface area contributed by atoms with Crippen LogP contribution in [0.15, 0.2) is 22.7 Å². The Hall–Kier alpha value is -2.63. The predicted molar refractivity (Wildman–Crippen MR) is 104 cm³/mol. The average molecular weight is 372 g/mol. The minimum absolute atomic E-state index is 0.258. The molecule has 0 saturated carbocycles. The van der Waals surface area contributed by atoms with Crippen LogP contribution in [0.5, 0.6) is 0 Å². The van der Waals surface area contributed by atoms with E-state index in [4.69, 9.17) is 9.26 Å². The zero-order chi connectivity index (χ0) is 20.1. The predicted octanol–water partition coefficient (Wildman–Crippen LogP) is 4.59. The largest absolute Gasteiger partial charge is 0.452 e. The van der Waals surface area contributed by atoms with Gasteiger partial charge in [-0.15, -0.1) is 0 Å². The molecule has 0 bridgehead atoms. The van der Waals surface area contributed by atoms with Gasteiger partial charge in [-0.25, -0.2) is 4.79 Å². The summed E-state index contributed by atoms with van der Waals surface area (Å²) < 4.78 is 10.2. The molecule has 2 aromatic rings. The number of rotatable bonds is 7. The summed E-state index contributed by atoms with van der Waals surface area (Å²) in [5, 5.41) is 6.77. The normalized spacial score (nSPS) is 11.1. The lowest BCUT2D eigenvalue weighted by Crippen LogP contribution is -2.23. The van der Waals surface area contributed by atoms with Crippen molar-refractivity contribution in [2.24, 2.45) is 0 Å². The van der Waals surface area contributed by atoms with Crippen LogP contribution in [0.1, 0.15) is 79.4 Å². The summed E-state index contributed by atoms with van der Waals surface area (Å²) in [5.74, 6) is -0.0568. The molecular formula is C21H28N2O4. The Bertz CT molecular complexity index is 795. The number of aromatic nitrogens is 1. The van der Waals surface area contributed by atoms with Crippen molar-refractivity contribution in [1.82, 2.24) is 5.16 Å². The van der Waals surface area contributed by atoms with Crippen LogP contribution in [-0.4, -0.2) is 23.6 Å². The molecule has 1 aromatic heterocycles. The summed E-state index contributed by atoms with van der Waals surface area (Å²) in [6.45, 7) is 11.5. The molecule has 0 saturated heterocycles. The molecule has 0 aliphatic heterocycles. The molecule has 0 fully saturated rings. The minimum atomic E-state index is -0.595. The first kappa shape index (κ1) is 20.7. The van der Waals surface area contributed by atoms with E-state index in [0.717, 1.165) is 16.8 Å². The lowest BCUT2D eigenvalue weighted by atomic mass is 9.92. The number of amides is 1. The lowest BCUT2D eigenvalue weighted by Gasteiger charge is -2.20. The van der Waals surface area contributed by atoms with Crippen molar-refractivity contribution in [3.05, 3.63) is 46.3 Å². The van der Waals surface area contributed by atoms with Gasteiger partial charge in [0.05, 0.1) is 5.69 Å². The Morgan fingerprint density at radius 3 is 2.26 bits per heavy atom. The van der Waals surface area contributed by atoms with E-state index in [9.17, 15) is 9.59 Å². The number of carbonyl (C=O) groups excluding carboxylic acids is 2. The number of ether oxygens (including phenoxy) is 1. The quantitative estimate of drug-likeness (QED) is 0.719. The molecule has 6 heteroatoms. The van der Waals surface area contributed by atoms with Gasteiger partial charge in [0.15, 0.2) is 6.61 Å². The number of para-hydroxylation sites is 1. The maximum Gasteiger partial charge on any atom is 0.344 e. The summed E-state index contributed by atoms with van der Waals surface area (Å²) in [7, 11) is 0. The lowest BCUT2D eigenvalue weighted by molar-refractivity contribution is -0.119. The number of hydrogen-bond donors (Lipinski definition) is 1. The van der Waals surface area contributed by atoms with E-state index >= 15 is 0 Å². The van der Waals surface area contributed by atoms with E-state index in [1.807, 2.05) is 25.1 Å². The summed E-state index contributed by atoms with van der Waals surface area (Å²) in [5.41, 5.74) is 3.76. The maximum atomic E-state index is 12.4. The van der Waals surface area contributed by atoms with Gasteiger partial charge >= 0.3 is 5.97 Å². The fraction of sp³-hybridized carbons (Fsp3) is 0.476. The second-order valence-corrected chi connectivity index (χ2v) is 7.16. The van der Waals surface area contributed by atoms with Gasteiger partial charge in [-0.3, -0.25) is 4.79 Å². The fourth-order valence-electron chi connectivity index (χ4n) is 3.00. The van der Waals surface area contributed by atoms with Gasteiger partial charge in [0.25, 0.3) is 5.91 Å². The molecule has 1 heterocycles. The van der Waals surface area contributed by atoms with E-state index in [-0.39, 0.29) is 24.3 Å².